The van der Waals surface area contributed by atoms with Crippen LogP contribution in [0.5, 0.6) is 11.5 Å². The Morgan fingerprint density at radius 3 is 1.46 bits per heavy atom. The van der Waals surface area contributed by atoms with E-state index >= 15 is 0 Å². The number of halogens is 2. The van der Waals surface area contributed by atoms with Crippen LogP contribution < -0.4 is 31.3 Å². The van der Waals surface area contributed by atoms with Crippen molar-refractivity contribution in [2.45, 2.75) is 0 Å². The van der Waals surface area contributed by atoms with Gasteiger partial charge in [0.15, 0.2) is 0 Å². The van der Waals surface area contributed by atoms with Crippen molar-refractivity contribution in [3.8, 4) is 11.5 Å². The van der Waals surface area contributed by atoms with Gasteiger partial charge in [0.05, 0.1) is 23.2 Å². The smallest absolute Gasteiger partial charge is 0.272 e. The van der Waals surface area contributed by atoms with E-state index in [1.165, 1.54) is 0 Å². The van der Waals surface area contributed by atoms with Crippen molar-refractivity contribution in [2.24, 2.45) is 0 Å². The number of hydrogen-bond acceptors (Lipinski definition) is 4. The Labute approximate surface area is 176 Å². The van der Waals surface area contributed by atoms with Crippen LogP contribution in [0.4, 0.5) is 0 Å². The van der Waals surface area contributed by atoms with Gasteiger partial charge < -0.3 is 19.4 Å². The van der Waals surface area contributed by atoms with E-state index in [0.29, 0.717) is 11.5 Å². The molecule has 2 N–H and O–H groups in total. The average Bonchev–Trinajstić information content (AvgIpc) is 2.66. The Morgan fingerprint density at radius 1 is 0.750 bits per heavy atom. The zero-order valence-corrected chi connectivity index (χ0v) is 18.2. The van der Waals surface area contributed by atoms with Gasteiger partial charge >= 0.3 is 0 Å². The summed E-state index contributed by atoms with van der Waals surface area (Å²) in [5, 5.41) is 0.324. The van der Waals surface area contributed by atoms with E-state index in [2.05, 4.69) is 41.8 Å². The van der Waals surface area contributed by atoms with E-state index in [1.807, 2.05) is 0 Å². The third-order valence-corrected chi connectivity index (χ3v) is 5.20. The van der Waals surface area contributed by atoms with Gasteiger partial charge in [-0.05, 0) is 79.4 Å². The summed E-state index contributed by atoms with van der Waals surface area (Å²) in [6, 6.07) is 10.7. The molecular formula is C20H16Br2N2O4. The molecule has 0 unspecified atom stereocenters. The van der Waals surface area contributed by atoms with Crippen LogP contribution in [0.1, 0.15) is 11.1 Å². The van der Waals surface area contributed by atoms with E-state index in [9.17, 15) is 9.59 Å². The van der Waals surface area contributed by atoms with E-state index in [1.54, 1.807) is 62.8 Å². The van der Waals surface area contributed by atoms with Crippen LogP contribution in [-0.4, -0.2) is 24.2 Å². The molecule has 0 saturated heterocycles. The highest BCUT2D eigenvalue weighted by Crippen LogP contribution is 2.26. The van der Waals surface area contributed by atoms with E-state index < -0.39 is 11.1 Å². The molecule has 0 aliphatic carbocycles. The number of benzene rings is 2. The predicted molar refractivity (Wildman–Crippen MR) is 115 cm³/mol. The maximum absolute atomic E-state index is 12.4. The van der Waals surface area contributed by atoms with Crippen LogP contribution in [0.15, 0.2) is 54.9 Å². The number of methoxy groups -OCH3 is 2. The summed E-state index contributed by atoms with van der Waals surface area (Å²) < 4.78 is 11.9. The molecule has 6 nitrogen and oxygen atoms in total. The molecule has 0 aliphatic heterocycles. The summed E-state index contributed by atoms with van der Waals surface area (Å²) in [5.74, 6) is 1.35. The van der Waals surface area contributed by atoms with E-state index in [-0.39, 0.29) is 10.7 Å². The molecule has 3 aromatic rings. The lowest BCUT2D eigenvalue weighted by atomic mass is 10.2. The monoisotopic (exact) mass is 506 g/mol. The molecule has 0 aliphatic rings. The number of nitrogens with one attached hydrogen (secondary N) is 2. The number of ether oxygens (including phenoxy) is 2. The van der Waals surface area contributed by atoms with Crippen molar-refractivity contribution < 1.29 is 9.47 Å². The van der Waals surface area contributed by atoms with Crippen LogP contribution in [0.2, 0.25) is 0 Å². The second-order valence-electron chi connectivity index (χ2n) is 5.81. The van der Waals surface area contributed by atoms with Gasteiger partial charge in [-0.2, -0.15) is 0 Å². The first-order chi connectivity index (χ1) is 13.4. The second kappa shape index (κ2) is 8.62. The zero-order valence-electron chi connectivity index (χ0n) is 15.0. The first kappa shape index (κ1) is 20.2. The highest BCUT2D eigenvalue weighted by Gasteiger charge is 2.03. The topological polar surface area (TPSA) is 84.2 Å². The first-order valence-corrected chi connectivity index (χ1v) is 9.73. The molecule has 0 radical (unpaired) electrons. The number of aromatic nitrogens is 2. The molecule has 1 heterocycles. The number of hydrogen-bond donors (Lipinski definition) is 2. The fraction of sp³-hybridized carbons (Fsp3) is 0.100. The largest absolute Gasteiger partial charge is 0.496 e. The minimum absolute atomic E-state index is 0.162. The fourth-order valence-corrected chi connectivity index (χ4v) is 3.69. The predicted octanol–water partition coefficient (Wildman–Crippen LogP) is 2.26. The fourth-order valence-electron chi connectivity index (χ4n) is 2.57. The van der Waals surface area contributed by atoms with Gasteiger partial charge in [0.1, 0.15) is 22.2 Å². The Hall–Kier alpha value is -2.58. The van der Waals surface area contributed by atoms with Gasteiger partial charge in [-0.15, -0.1) is 0 Å². The Morgan fingerprint density at radius 2 is 1.14 bits per heavy atom. The van der Waals surface area contributed by atoms with Crippen molar-refractivity contribution in [1.82, 2.24) is 9.97 Å². The zero-order chi connectivity index (χ0) is 20.3. The summed E-state index contributed by atoms with van der Waals surface area (Å²) >= 11 is 6.80. The minimum atomic E-state index is -0.398. The first-order valence-electron chi connectivity index (χ1n) is 8.14. The number of H-pyrrole nitrogens is 2. The third-order valence-electron chi connectivity index (χ3n) is 3.96. The molecule has 8 heteroatoms. The van der Waals surface area contributed by atoms with Gasteiger partial charge in [-0.3, -0.25) is 9.59 Å². The molecule has 28 heavy (non-hydrogen) atoms. The number of rotatable bonds is 4. The summed E-state index contributed by atoms with van der Waals surface area (Å²) in [4.78, 5) is 30.1. The van der Waals surface area contributed by atoms with Crippen molar-refractivity contribution in [2.75, 3.05) is 14.2 Å². The molecule has 0 atom stereocenters. The van der Waals surface area contributed by atoms with Gasteiger partial charge in [-0.1, -0.05) is 12.1 Å². The third kappa shape index (κ3) is 4.45. The molecular weight excluding hydrogens is 492 g/mol. The van der Waals surface area contributed by atoms with Gasteiger partial charge in [0, 0.05) is 0 Å². The van der Waals surface area contributed by atoms with Crippen molar-refractivity contribution in [3.05, 3.63) is 87.9 Å². The molecule has 0 amide bonds. The van der Waals surface area contributed by atoms with Crippen LogP contribution in [0.25, 0.3) is 12.2 Å². The van der Waals surface area contributed by atoms with Crippen molar-refractivity contribution in [1.29, 1.82) is 0 Å². The number of aromatic amines is 2. The lowest BCUT2D eigenvalue weighted by Crippen LogP contribution is -2.46. The van der Waals surface area contributed by atoms with Crippen LogP contribution in [-0.2, 0) is 0 Å². The second-order valence-corrected chi connectivity index (χ2v) is 7.52. The molecule has 144 valence electrons. The molecule has 0 saturated carbocycles. The molecule has 0 bridgehead atoms. The molecule has 3 rings (SSSR count). The maximum atomic E-state index is 12.4. The van der Waals surface area contributed by atoms with Crippen LogP contribution in [0, 0.1) is 0 Å². The Balaban J connectivity index is 2.06. The normalized spacial score (nSPS) is 12.3. The van der Waals surface area contributed by atoms with Gasteiger partial charge in [-0.25, -0.2) is 0 Å². The SMILES string of the molecule is COc1ccc(C=c2[nH]c(=O)c(=Cc3ccc(OC)c(Br)c3)[nH]c2=O)cc1Br. The highest BCUT2D eigenvalue weighted by molar-refractivity contribution is 9.10. The highest BCUT2D eigenvalue weighted by atomic mass is 79.9. The molecule has 2 aromatic carbocycles. The summed E-state index contributed by atoms with van der Waals surface area (Å²) in [5.41, 5.74) is 0.685. The average molecular weight is 508 g/mol. The van der Waals surface area contributed by atoms with E-state index in [4.69, 9.17) is 9.47 Å². The summed E-state index contributed by atoms with van der Waals surface area (Å²) in [7, 11) is 3.14. The van der Waals surface area contributed by atoms with Gasteiger partial charge in [0.25, 0.3) is 11.1 Å². The lowest BCUT2D eigenvalue weighted by molar-refractivity contribution is 0.412. The standard InChI is InChI=1S/C20H16Br2N2O4/c1-27-17-5-3-11(7-13(17)21)9-15-19(25)24-16(20(26)23-15)10-12-4-6-18(28-2)14(22)8-12/h3-10H,1-2H3,(H,23,26)(H,24,25). The van der Waals surface area contributed by atoms with Gasteiger partial charge in [0.2, 0.25) is 0 Å². The Bertz CT molecular complexity index is 1160. The lowest BCUT2D eigenvalue weighted by Gasteiger charge is -2.03. The minimum Gasteiger partial charge on any atom is -0.496 e. The maximum Gasteiger partial charge on any atom is 0.272 e. The van der Waals surface area contributed by atoms with Crippen LogP contribution >= 0.6 is 31.9 Å². The summed E-state index contributed by atoms with van der Waals surface area (Å²) in [6.45, 7) is 0. The molecule has 0 spiro atoms. The van der Waals surface area contributed by atoms with E-state index in [0.717, 1.165) is 20.1 Å². The molecule has 0 fully saturated rings. The van der Waals surface area contributed by atoms with Crippen molar-refractivity contribution >= 4 is 44.0 Å². The Kier molecular flexibility index (Phi) is 6.21. The molecule has 1 aromatic heterocycles. The summed E-state index contributed by atoms with van der Waals surface area (Å²) in [6.07, 6.45) is 3.19. The van der Waals surface area contributed by atoms with Crippen LogP contribution in [0.3, 0.4) is 0 Å². The quantitative estimate of drug-likeness (QED) is 0.567. The van der Waals surface area contributed by atoms with Crippen molar-refractivity contribution in [3.63, 3.8) is 0 Å².